The van der Waals surface area contributed by atoms with E-state index in [4.69, 9.17) is 0 Å². The summed E-state index contributed by atoms with van der Waals surface area (Å²) in [5, 5.41) is 0.0139. The maximum absolute atomic E-state index is 11.9. The summed E-state index contributed by atoms with van der Waals surface area (Å²) in [6, 6.07) is 6.02. The zero-order valence-corrected chi connectivity index (χ0v) is 9.89. The van der Waals surface area contributed by atoms with Crippen LogP contribution in [0.1, 0.15) is 12.5 Å². The average molecular weight is 256 g/mol. The quantitative estimate of drug-likeness (QED) is 0.778. The topological polar surface area (TPSA) is 26.3 Å². The molecule has 0 unspecified atom stereocenters. The number of hydrogen-bond acceptors (Lipinski definition) is 3. The van der Waals surface area contributed by atoms with E-state index in [1.54, 1.807) is 12.1 Å². The Bertz CT molecular complexity index is 432. The highest BCUT2D eigenvalue weighted by Crippen LogP contribution is 2.14. The predicted octanol–water partition coefficient (Wildman–Crippen LogP) is 2.92. The normalized spacial score (nSPS) is 9.65. The maximum atomic E-state index is 11.9. The van der Waals surface area contributed by atoms with Crippen molar-refractivity contribution in [2.75, 3.05) is 5.75 Å². The molecule has 0 N–H and O–H groups in total. The van der Waals surface area contributed by atoms with Gasteiger partial charge >= 0.3 is 6.61 Å². The Morgan fingerprint density at radius 3 is 2.59 bits per heavy atom. The zero-order chi connectivity index (χ0) is 12.7. The summed E-state index contributed by atoms with van der Waals surface area (Å²) in [7, 11) is 0. The first-order valence-corrected chi connectivity index (χ1v) is 5.73. The molecule has 1 aromatic rings. The third-order valence-corrected chi connectivity index (χ3v) is 2.36. The minimum atomic E-state index is -2.82. The molecule has 5 heteroatoms. The van der Waals surface area contributed by atoms with Crippen LogP contribution in [0.5, 0.6) is 5.75 Å². The summed E-state index contributed by atoms with van der Waals surface area (Å²) in [5.41, 5.74) is 0.691. The van der Waals surface area contributed by atoms with E-state index in [1.165, 1.54) is 19.1 Å². The Balaban J connectivity index is 2.53. The van der Waals surface area contributed by atoms with Crippen LogP contribution in [0.4, 0.5) is 8.78 Å². The average Bonchev–Trinajstić information content (AvgIpc) is 2.25. The Kier molecular flexibility index (Phi) is 5.50. The van der Waals surface area contributed by atoms with E-state index >= 15 is 0 Å². The molecular formula is C12H10F2O2S. The van der Waals surface area contributed by atoms with Gasteiger partial charge in [0.25, 0.3) is 0 Å². The molecule has 0 atom stereocenters. The van der Waals surface area contributed by atoms with Crippen LogP contribution in [-0.2, 0) is 4.79 Å². The van der Waals surface area contributed by atoms with E-state index in [0.29, 0.717) is 11.3 Å². The summed E-state index contributed by atoms with van der Waals surface area (Å²) in [4.78, 5) is 10.6. The number of alkyl halides is 2. The number of benzene rings is 1. The second-order valence-corrected chi connectivity index (χ2v) is 4.14. The molecule has 90 valence electrons. The lowest BCUT2D eigenvalue weighted by Crippen LogP contribution is -2.01. The number of ether oxygens (including phenoxy) is 1. The van der Waals surface area contributed by atoms with Crippen molar-refractivity contribution in [2.45, 2.75) is 13.5 Å². The lowest BCUT2D eigenvalue weighted by molar-refractivity contribution is -0.109. The van der Waals surface area contributed by atoms with E-state index in [0.717, 1.165) is 11.8 Å². The summed E-state index contributed by atoms with van der Waals surface area (Å²) >= 11 is 1.13. The molecule has 0 fully saturated rings. The predicted molar refractivity (Wildman–Crippen MR) is 63.1 cm³/mol. The van der Waals surface area contributed by atoms with Crippen molar-refractivity contribution in [3.8, 4) is 17.6 Å². The first-order valence-electron chi connectivity index (χ1n) is 4.75. The fraction of sp³-hybridized carbons (Fsp3) is 0.250. The van der Waals surface area contributed by atoms with Gasteiger partial charge in [-0.05, 0) is 24.3 Å². The van der Waals surface area contributed by atoms with Gasteiger partial charge in [-0.25, -0.2) is 0 Å². The van der Waals surface area contributed by atoms with Crippen molar-refractivity contribution in [3.05, 3.63) is 29.8 Å². The Labute approximate surface area is 102 Å². The molecule has 17 heavy (non-hydrogen) atoms. The molecule has 1 aromatic carbocycles. The number of carbonyl (C=O) groups excluding carboxylic acids is 1. The molecule has 0 heterocycles. The molecule has 0 amide bonds. The van der Waals surface area contributed by atoms with Crippen LogP contribution in [-0.4, -0.2) is 17.5 Å². The number of rotatable bonds is 3. The van der Waals surface area contributed by atoms with Crippen LogP contribution in [0.3, 0.4) is 0 Å². The minimum absolute atomic E-state index is 0.0139. The molecule has 0 aromatic heterocycles. The van der Waals surface area contributed by atoms with E-state index in [-0.39, 0.29) is 10.9 Å². The number of hydrogen-bond donors (Lipinski definition) is 0. The molecule has 2 nitrogen and oxygen atoms in total. The molecule has 0 aliphatic heterocycles. The second-order valence-electron chi connectivity index (χ2n) is 2.98. The Morgan fingerprint density at radius 2 is 2.06 bits per heavy atom. The van der Waals surface area contributed by atoms with Crippen LogP contribution < -0.4 is 4.74 Å². The smallest absolute Gasteiger partial charge is 0.387 e. The highest BCUT2D eigenvalue weighted by molar-refractivity contribution is 8.13. The van der Waals surface area contributed by atoms with Crippen molar-refractivity contribution in [1.29, 1.82) is 0 Å². The number of thioether (sulfide) groups is 1. The minimum Gasteiger partial charge on any atom is -0.435 e. The van der Waals surface area contributed by atoms with Gasteiger partial charge in [0.05, 0.1) is 5.75 Å². The first-order chi connectivity index (χ1) is 8.08. The van der Waals surface area contributed by atoms with Crippen molar-refractivity contribution < 1.29 is 18.3 Å². The molecule has 0 radical (unpaired) electrons. The van der Waals surface area contributed by atoms with Gasteiger partial charge in [0.1, 0.15) is 5.75 Å². The van der Waals surface area contributed by atoms with Crippen LogP contribution in [0, 0.1) is 11.8 Å². The molecule has 0 aliphatic carbocycles. The Morgan fingerprint density at radius 1 is 1.41 bits per heavy atom. The number of carbonyl (C=O) groups is 1. The summed E-state index contributed by atoms with van der Waals surface area (Å²) in [5.74, 6) is 6.13. The SMILES string of the molecule is CC(=O)SCC#Cc1ccc(OC(F)F)cc1. The lowest BCUT2D eigenvalue weighted by atomic mass is 10.2. The Hall–Kier alpha value is -1.54. The van der Waals surface area contributed by atoms with E-state index < -0.39 is 6.61 Å². The molecule has 1 rings (SSSR count). The zero-order valence-electron chi connectivity index (χ0n) is 9.07. The molecule has 0 aliphatic rings. The van der Waals surface area contributed by atoms with Gasteiger partial charge in [0, 0.05) is 12.5 Å². The van der Waals surface area contributed by atoms with Crippen LogP contribution in [0.25, 0.3) is 0 Å². The fourth-order valence-electron chi connectivity index (χ4n) is 0.996. The number of halogens is 2. The third kappa shape index (κ3) is 5.93. The van der Waals surface area contributed by atoms with Gasteiger partial charge in [0.2, 0.25) is 0 Å². The van der Waals surface area contributed by atoms with Gasteiger partial charge in [-0.15, -0.1) is 0 Å². The van der Waals surface area contributed by atoms with Gasteiger partial charge in [-0.3, -0.25) is 4.79 Å². The van der Waals surface area contributed by atoms with Crippen LogP contribution in [0.2, 0.25) is 0 Å². The molecule has 0 bridgehead atoms. The summed E-state index contributed by atoms with van der Waals surface area (Å²) < 4.78 is 27.9. The van der Waals surface area contributed by atoms with Crippen molar-refractivity contribution in [3.63, 3.8) is 0 Å². The highest BCUT2D eigenvalue weighted by atomic mass is 32.2. The lowest BCUT2D eigenvalue weighted by Gasteiger charge is -2.02. The standard InChI is InChI=1S/C12H10F2O2S/c1-9(15)17-8-2-3-10-4-6-11(7-5-10)16-12(13)14/h4-7,12H,8H2,1H3. The van der Waals surface area contributed by atoms with E-state index in [1.807, 2.05) is 0 Å². The summed E-state index contributed by atoms with van der Waals surface area (Å²) in [6.07, 6.45) is 0. The largest absolute Gasteiger partial charge is 0.435 e. The van der Waals surface area contributed by atoms with Gasteiger partial charge in [-0.2, -0.15) is 8.78 Å². The first kappa shape index (κ1) is 13.5. The van der Waals surface area contributed by atoms with Gasteiger partial charge < -0.3 is 4.74 Å². The second kappa shape index (κ2) is 6.92. The monoisotopic (exact) mass is 256 g/mol. The molecule has 0 saturated heterocycles. The van der Waals surface area contributed by atoms with Crippen LogP contribution in [0.15, 0.2) is 24.3 Å². The van der Waals surface area contributed by atoms with Gasteiger partial charge in [0.15, 0.2) is 5.12 Å². The van der Waals surface area contributed by atoms with Gasteiger partial charge in [-0.1, -0.05) is 23.6 Å². The van der Waals surface area contributed by atoms with Crippen LogP contribution >= 0.6 is 11.8 Å². The fourth-order valence-corrected chi connectivity index (χ4v) is 1.34. The van der Waals surface area contributed by atoms with Crippen molar-refractivity contribution in [1.82, 2.24) is 0 Å². The molecular weight excluding hydrogens is 246 g/mol. The van der Waals surface area contributed by atoms with E-state index in [2.05, 4.69) is 16.6 Å². The summed E-state index contributed by atoms with van der Waals surface area (Å²) in [6.45, 7) is -1.35. The molecule has 0 saturated carbocycles. The maximum Gasteiger partial charge on any atom is 0.387 e. The molecule has 0 spiro atoms. The van der Waals surface area contributed by atoms with Crippen molar-refractivity contribution >= 4 is 16.9 Å². The van der Waals surface area contributed by atoms with E-state index in [9.17, 15) is 13.6 Å². The third-order valence-electron chi connectivity index (χ3n) is 1.66. The highest BCUT2D eigenvalue weighted by Gasteiger charge is 2.02. The van der Waals surface area contributed by atoms with Crippen molar-refractivity contribution in [2.24, 2.45) is 0 Å².